The van der Waals surface area contributed by atoms with Crippen LogP contribution in [0.25, 0.3) is 0 Å². The molecule has 1 aliphatic heterocycles. The van der Waals surface area contributed by atoms with Crippen LogP contribution in [0.5, 0.6) is 0 Å². The minimum atomic E-state index is 0.461. The van der Waals surface area contributed by atoms with Gasteiger partial charge < -0.3 is 0 Å². The van der Waals surface area contributed by atoms with E-state index in [-0.39, 0.29) is 0 Å². The maximum atomic E-state index is 11.2. The number of nitrogens with zero attached hydrogens (tertiary/aromatic N) is 1. The lowest BCUT2D eigenvalue weighted by molar-refractivity contribution is -0.122. The van der Waals surface area contributed by atoms with E-state index < -0.39 is 0 Å². The fourth-order valence-corrected chi connectivity index (χ4v) is 3.90. The van der Waals surface area contributed by atoms with Crippen molar-refractivity contribution in [1.82, 2.24) is 4.90 Å². The van der Waals surface area contributed by atoms with Gasteiger partial charge in [-0.2, -0.15) is 11.8 Å². The second-order valence-electron chi connectivity index (χ2n) is 4.70. The van der Waals surface area contributed by atoms with Crippen molar-refractivity contribution in [2.45, 2.75) is 49.8 Å². The quantitative estimate of drug-likeness (QED) is 0.722. The van der Waals surface area contributed by atoms with Gasteiger partial charge in [0.15, 0.2) is 0 Å². The second kappa shape index (κ2) is 5.35. The minimum Gasteiger partial charge on any atom is -0.300 e. The first-order valence-corrected chi connectivity index (χ1v) is 7.38. The van der Waals surface area contributed by atoms with E-state index in [1.54, 1.807) is 0 Å². The van der Waals surface area contributed by atoms with Gasteiger partial charge in [0, 0.05) is 37.2 Å². The number of piperidine rings is 1. The number of ketones is 1. The molecule has 0 radical (unpaired) electrons. The first kappa shape index (κ1) is 11.5. The SMILES string of the molecule is CSC1CCCCC1N1CCC(=O)CC1. The molecular weight excluding hydrogens is 206 g/mol. The monoisotopic (exact) mass is 227 g/mol. The number of likely N-dealkylation sites (tertiary alicyclic amines) is 1. The van der Waals surface area contributed by atoms with Gasteiger partial charge >= 0.3 is 0 Å². The molecule has 0 N–H and O–H groups in total. The molecule has 2 fully saturated rings. The number of carbonyl (C=O) groups is 1. The molecule has 1 heterocycles. The van der Waals surface area contributed by atoms with E-state index in [1.807, 2.05) is 11.8 Å². The van der Waals surface area contributed by atoms with Crippen LogP contribution in [0.2, 0.25) is 0 Å². The highest BCUT2D eigenvalue weighted by atomic mass is 32.2. The van der Waals surface area contributed by atoms with Crippen LogP contribution in [0.15, 0.2) is 0 Å². The van der Waals surface area contributed by atoms with Gasteiger partial charge in [-0.05, 0) is 19.1 Å². The van der Waals surface area contributed by atoms with Crippen molar-refractivity contribution in [1.29, 1.82) is 0 Å². The number of rotatable bonds is 2. The fourth-order valence-electron chi connectivity index (χ4n) is 2.87. The average Bonchev–Trinajstić information content (AvgIpc) is 2.30. The second-order valence-corrected chi connectivity index (χ2v) is 5.78. The van der Waals surface area contributed by atoms with Crippen LogP contribution in [0.1, 0.15) is 38.5 Å². The molecular formula is C12H21NOS. The zero-order chi connectivity index (χ0) is 10.7. The Bertz CT molecular complexity index is 222. The zero-order valence-electron chi connectivity index (χ0n) is 9.58. The summed E-state index contributed by atoms with van der Waals surface area (Å²) in [5, 5.41) is 0.812. The van der Waals surface area contributed by atoms with E-state index in [1.165, 1.54) is 25.7 Å². The molecule has 15 heavy (non-hydrogen) atoms. The molecule has 2 nitrogen and oxygen atoms in total. The summed E-state index contributed by atoms with van der Waals surface area (Å²) in [7, 11) is 0. The van der Waals surface area contributed by atoms with Gasteiger partial charge in [-0.3, -0.25) is 9.69 Å². The van der Waals surface area contributed by atoms with Crippen molar-refractivity contribution < 1.29 is 4.79 Å². The van der Waals surface area contributed by atoms with Crippen molar-refractivity contribution in [3.8, 4) is 0 Å². The Morgan fingerprint density at radius 1 is 1.20 bits per heavy atom. The van der Waals surface area contributed by atoms with E-state index in [4.69, 9.17) is 0 Å². The van der Waals surface area contributed by atoms with E-state index >= 15 is 0 Å². The summed E-state index contributed by atoms with van der Waals surface area (Å²) >= 11 is 2.02. The first-order valence-electron chi connectivity index (χ1n) is 6.10. The average molecular weight is 227 g/mol. The third-order valence-corrected chi connectivity index (χ3v) is 4.95. The van der Waals surface area contributed by atoms with Gasteiger partial charge in [0.1, 0.15) is 5.78 Å². The topological polar surface area (TPSA) is 20.3 Å². The van der Waals surface area contributed by atoms with Crippen molar-refractivity contribution in [2.75, 3.05) is 19.3 Å². The molecule has 1 aliphatic carbocycles. The number of Topliss-reactive ketones (excluding diaryl/α,β-unsaturated/α-hetero) is 1. The Balaban J connectivity index is 1.92. The van der Waals surface area contributed by atoms with Gasteiger partial charge in [-0.1, -0.05) is 12.8 Å². The highest BCUT2D eigenvalue weighted by Gasteiger charge is 2.31. The standard InChI is InChI=1S/C12H21NOS/c1-15-12-5-3-2-4-11(12)13-8-6-10(14)7-9-13/h11-12H,2-9H2,1H3. The highest BCUT2D eigenvalue weighted by Crippen LogP contribution is 2.31. The Labute approximate surface area is 96.8 Å². The fraction of sp³-hybridized carbons (Fsp3) is 0.917. The molecule has 0 amide bonds. The lowest BCUT2D eigenvalue weighted by Crippen LogP contribution is -2.47. The number of hydrogen-bond acceptors (Lipinski definition) is 3. The van der Waals surface area contributed by atoms with Crippen LogP contribution in [0, 0.1) is 0 Å². The summed E-state index contributed by atoms with van der Waals surface area (Å²) in [4.78, 5) is 13.8. The van der Waals surface area contributed by atoms with E-state index in [9.17, 15) is 4.79 Å². The molecule has 1 saturated carbocycles. The number of hydrogen-bond donors (Lipinski definition) is 0. The molecule has 86 valence electrons. The van der Waals surface area contributed by atoms with Crippen molar-refractivity contribution in [3.05, 3.63) is 0 Å². The lowest BCUT2D eigenvalue weighted by atomic mass is 9.92. The molecule has 0 spiro atoms. The third-order valence-electron chi connectivity index (χ3n) is 3.80. The molecule has 0 aromatic rings. The van der Waals surface area contributed by atoms with Crippen LogP contribution in [-0.4, -0.2) is 41.3 Å². The van der Waals surface area contributed by atoms with Crippen molar-refractivity contribution in [3.63, 3.8) is 0 Å². The Morgan fingerprint density at radius 3 is 2.53 bits per heavy atom. The smallest absolute Gasteiger partial charge is 0.135 e. The number of thioether (sulfide) groups is 1. The Morgan fingerprint density at radius 2 is 1.87 bits per heavy atom. The molecule has 0 bridgehead atoms. The Hall–Kier alpha value is -0.0200. The largest absolute Gasteiger partial charge is 0.300 e. The maximum absolute atomic E-state index is 11.2. The van der Waals surface area contributed by atoms with Crippen LogP contribution in [-0.2, 0) is 4.79 Å². The van der Waals surface area contributed by atoms with Crippen LogP contribution in [0.4, 0.5) is 0 Å². The van der Waals surface area contributed by atoms with Crippen LogP contribution >= 0.6 is 11.8 Å². The highest BCUT2D eigenvalue weighted by molar-refractivity contribution is 7.99. The maximum Gasteiger partial charge on any atom is 0.135 e. The summed E-state index contributed by atoms with van der Waals surface area (Å²) in [6.45, 7) is 2.03. The number of carbonyl (C=O) groups excluding carboxylic acids is 1. The van der Waals surface area contributed by atoms with Gasteiger partial charge in [-0.15, -0.1) is 0 Å². The van der Waals surface area contributed by atoms with Crippen LogP contribution < -0.4 is 0 Å². The van der Waals surface area contributed by atoms with E-state index in [0.29, 0.717) is 5.78 Å². The first-order chi connectivity index (χ1) is 7.31. The zero-order valence-corrected chi connectivity index (χ0v) is 10.4. The van der Waals surface area contributed by atoms with E-state index in [2.05, 4.69) is 11.2 Å². The predicted molar refractivity (Wildman–Crippen MR) is 65.4 cm³/mol. The van der Waals surface area contributed by atoms with Gasteiger partial charge in [0.25, 0.3) is 0 Å². The molecule has 0 aromatic carbocycles. The third kappa shape index (κ3) is 2.76. The Kier molecular flexibility index (Phi) is 4.09. The summed E-state index contributed by atoms with van der Waals surface area (Å²) in [6.07, 6.45) is 9.31. The summed E-state index contributed by atoms with van der Waals surface area (Å²) in [5.74, 6) is 0.461. The predicted octanol–water partition coefficient (Wildman–Crippen LogP) is 2.33. The summed E-state index contributed by atoms with van der Waals surface area (Å²) < 4.78 is 0. The lowest BCUT2D eigenvalue weighted by Gasteiger charge is -2.40. The summed E-state index contributed by atoms with van der Waals surface area (Å²) in [5.41, 5.74) is 0. The molecule has 0 aromatic heterocycles. The van der Waals surface area contributed by atoms with Gasteiger partial charge in [0.05, 0.1) is 0 Å². The normalized spacial score (nSPS) is 34.3. The van der Waals surface area contributed by atoms with Gasteiger partial charge in [0.2, 0.25) is 0 Å². The van der Waals surface area contributed by atoms with Crippen molar-refractivity contribution >= 4 is 17.5 Å². The molecule has 1 saturated heterocycles. The molecule has 2 rings (SSSR count). The van der Waals surface area contributed by atoms with E-state index in [0.717, 1.165) is 37.2 Å². The van der Waals surface area contributed by atoms with Crippen molar-refractivity contribution in [2.24, 2.45) is 0 Å². The van der Waals surface area contributed by atoms with Gasteiger partial charge in [-0.25, -0.2) is 0 Å². The molecule has 2 atom stereocenters. The van der Waals surface area contributed by atoms with Crippen LogP contribution in [0.3, 0.4) is 0 Å². The molecule has 2 aliphatic rings. The minimum absolute atomic E-state index is 0.461. The summed E-state index contributed by atoms with van der Waals surface area (Å²) in [6, 6.07) is 0.752. The molecule has 2 unspecified atom stereocenters. The molecule has 3 heteroatoms.